The van der Waals surface area contributed by atoms with Crippen molar-refractivity contribution in [1.29, 1.82) is 0 Å². The van der Waals surface area contributed by atoms with Gasteiger partial charge in [-0.2, -0.15) is 0 Å². The first kappa shape index (κ1) is 16.1. The van der Waals surface area contributed by atoms with Crippen LogP contribution in [0.1, 0.15) is 9.67 Å². The third-order valence-corrected chi connectivity index (χ3v) is 4.96. The van der Waals surface area contributed by atoms with Crippen molar-refractivity contribution in [2.24, 2.45) is 11.1 Å². The molecule has 0 saturated carbocycles. The van der Waals surface area contributed by atoms with Crippen molar-refractivity contribution in [2.75, 3.05) is 4.90 Å². The quantitative estimate of drug-likeness (QED) is 0.350. The highest BCUT2D eigenvalue weighted by Gasteiger charge is 2.57. The van der Waals surface area contributed by atoms with Gasteiger partial charge in [0.25, 0.3) is 11.6 Å². The van der Waals surface area contributed by atoms with Gasteiger partial charge in [-0.05, 0) is 17.5 Å². The number of anilines is 1. The van der Waals surface area contributed by atoms with E-state index < -0.39 is 34.5 Å². The van der Waals surface area contributed by atoms with Gasteiger partial charge in [0.05, 0.1) is 15.5 Å². The molecule has 10 heteroatoms. The van der Waals surface area contributed by atoms with Crippen LogP contribution in [-0.4, -0.2) is 34.3 Å². The predicted octanol–water partition coefficient (Wildman–Crippen LogP) is 1.78. The van der Waals surface area contributed by atoms with E-state index in [0.717, 1.165) is 11.0 Å². The Morgan fingerprint density at radius 3 is 2.73 bits per heavy atom. The molecule has 2 aromatic rings. The number of oxime groups is 1. The number of thiophene rings is 1. The lowest BCUT2D eigenvalue weighted by Crippen LogP contribution is -2.34. The summed E-state index contributed by atoms with van der Waals surface area (Å²) in [6.07, 6.45) is -1.24. The van der Waals surface area contributed by atoms with E-state index in [1.165, 1.54) is 29.5 Å². The Hall–Kier alpha value is -3.40. The normalized spacial score (nSPS) is 21.4. The number of hydrogen-bond donors (Lipinski definition) is 0. The third-order valence-electron chi connectivity index (χ3n) is 4.09. The molecule has 2 unspecified atom stereocenters. The summed E-state index contributed by atoms with van der Waals surface area (Å²) >= 11 is 1.19. The van der Waals surface area contributed by atoms with Gasteiger partial charge in [-0.15, -0.1) is 11.3 Å². The van der Waals surface area contributed by atoms with Crippen LogP contribution >= 0.6 is 11.3 Å². The number of carbonyl (C=O) groups excluding carboxylic acids is 3. The molecular weight excluding hydrogens is 362 g/mol. The van der Waals surface area contributed by atoms with Gasteiger partial charge in [0.2, 0.25) is 17.8 Å². The molecule has 1 fully saturated rings. The fourth-order valence-electron chi connectivity index (χ4n) is 2.90. The van der Waals surface area contributed by atoms with Gasteiger partial charge in [-0.3, -0.25) is 24.5 Å². The maximum atomic E-state index is 12.8. The fourth-order valence-corrected chi connectivity index (χ4v) is 3.57. The van der Waals surface area contributed by atoms with Crippen LogP contribution in [0.5, 0.6) is 0 Å². The molecule has 2 aliphatic rings. The Morgan fingerprint density at radius 1 is 1.23 bits per heavy atom. The minimum Gasteiger partial charge on any atom is -0.381 e. The van der Waals surface area contributed by atoms with Crippen molar-refractivity contribution in [2.45, 2.75) is 6.10 Å². The number of non-ortho nitro benzene ring substituents is 1. The molecule has 0 aliphatic carbocycles. The number of imide groups is 1. The van der Waals surface area contributed by atoms with Gasteiger partial charge in [0, 0.05) is 12.1 Å². The Labute approximate surface area is 149 Å². The number of benzene rings is 1. The van der Waals surface area contributed by atoms with Crippen molar-refractivity contribution in [1.82, 2.24) is 0 Å². The summed E-state index contributed by atoms with van der Waals surface area (Å²) < 4.78 is 0. The van der Waals surface area contributed by atoms with E-state index in [4.69, 9.17) is 4.84 Å². The number of rotatable bonds is 4. The summed E-state index contributed by atoms with van der Waals surface area (Å²) in [6.45, 7) is 0. The summed E-state index contributed by atoms with van der Waals surface area (Å²) in [5.41, 5.74) is -0.344. The average Bonchev–Trinajstić information content (AvgIpc) is 3.34. The number of nitro benzene ring substituents is 1. The summed E-state index contributed by atoms with van der Waals surface area (Å²) in [5, 5.41) is 16.3. The van der Waals surface area contributed by atoms with Crippen LogP contribution in [0.25, 0.3) is 0 Å². The first-order valence-corrected chi connectivity index (χ1v) is 8.31. The molecule has 0 spiro atoms. The van der Waals surface area contributed by atoms with Gasteiger partial charge >= 0.3 is 0 Å². The van der Waals surface area contributed by atoms with Crippen LogP contribution < -0.4 is 4.90 Å². The second-order valence-corrected chi connectivity index (χ2v) is 6.52. The molecule has 1 saturated heterocycles. The van der Waals surface area contributed by atoms with Gasteiger partial charge in [0.1, 0.15) is 11.6 Å². The van der Waals surface area contributed by atoms with Crippen molar-refractivity contribution < 1.29 is 24.1 Å². The lowest BCUT2D eigenvalue weighted by molar-refractivity contribution is -0.384. The van der Waals surface area contributed by atoms with Crippen LogP contribution in [0.15, 0.2) is 46.9 Å². The van der Waals surface area contributed by atoms with Crippen molar-refractivity contribution >= 4 is 46.0 Å². The Morgan fingerprint density at radius 2 is 2.04 bits per heavy atom. The molecule has 3 heterocycles. The predicted molar refractivity (Wildman–Crippen MR) is 90.0 cm³/mol. The van der Waals surface area contributed by atoms with Crippen molar-refractivity contribution in [3.05, 3.63) is 56.8 Å². The summed E-state index contributed by atoms with van der Waals surface area (Å²) in [7, 11) is 0. The first-order chi connectivity index (χ1) is 12.5. The zero-order valence-corrected chi connectivity index (χ0v) is 13.7. The SMILES string of the molecule is O=C(C1=NOC2C(=O)N(c3cccc([N+](=O)[O-])c3)C(=O)C12)c1cccs1. The highest BCUT2D eigenvalue weighted by atomic mass is 32.1. The topological polar surface area (TPSA) is 119 Å². The van der Waals surface area contributed by atoms with Crippen LogP contribution in [0.3, 0.4) is 0 Å². The monoisotopic (exact) mass is 371 g/mol. The summed E-state index contributed by atoms with van der Waals surface area (Å²) in [4.78, 5) is 54.4. The molecule has 0 radical (unpaired) electrons. The van der Waals surface area contributed by atoms with E-state index in [0.29, 0.717) is 4.88 Å². The number of ketones is 1. The molecular formula is C16H9N3O6S. The third kappa shape index (κ3) is 2.30. The van der Waals surface area contributed by atoms with E-state index in [-0.39, 0.29) is 17.1 Å². The van der Waals surface area contributed by atoms with Gasteiger partial charge < -0.3 is 4.84 Å². The lowest BCUT2D eigenvalue weighted by Gasteiger charge is -2.14. The number of carbonyl (C=O) groups is 3. The molecule has 0 N–H and O–H groups in total. The molecule has 1 aromatic heterocycles. The molecule has 130 valence electrons. The number of nitrogens with zero attached hydrogens (tertiary/aromatic N) is 3. The first-order valence-electron chi connectivity index (χ1n) is 7.43. The van der Waals surface area contributed by atoms with E-state index >= 15 is 0 Å². The van der Waals surface area contributed by atoms with Gasteiger partial charge in [-0.1, -0.05) is 17.3 Å². The van der Waals surface area contributed by atoms with E-state index in [9.17, 15) is 24.5 Å². The van der Waals surface area contributed by atoms with E-state index in [1.54, 1.807) is 17.5 Å². The number of amides is 2. The molecule has 2 amide bonds. The molecule has 0 bridgehead atoms. The lowest BCUT2D eigenvalue weighted by atomic mass is 9.96. The molecule has 26 heavy (non-hydrogen) atoms. The Kier molecular flexibility index (Phi) is 3.62. The number of fused-ring (bicyclic) bond motifs is 1. The summed E-state index contributed by atoms with van der Waals surface area (Å²) in [6, 6.07) is 8.41. The highest BCUT2D eigenvalue weighted by Crippen LogP contribution is 2.35. The van der Waals surface area contributed by atoms with E-state index in [2.05, 4.69) is 5.16 Å². The molecule has 1 aromatic carbocycles. The zero-order chi connectivity index (χ0) is 18.4. The maximum Gasteiger partial charge on any atom is 0.278 e. The van der Waals surface area contributed by atoms with Gasteiger partial charge in [0.15, 0.2) is 0 Å². The molecule has 4 rings (SSSR count). The van der Waals surface area contributed by atoms with Gasteiger partial charge in [-0.25, -0.2) is 4.90 Å². The fraction of sp³-hybridized carbons (Fsp3) is 0.125. The van der Waals surface area contributed by atoms with Crippen LogP contribution in [-0.2, 0) is 14.4 Å². The largest absolute Gasteiger partial charge is 0.381 e. The average molecular weight is 371 g/mol. The number of nitro groups is 1. The number of Topliss-reactive ketones (excluding diaryl/α,β-unsaturated/α-hetero) is 1. The van der Waals surface area contributed by atoms with Crippen LogP contribution in [0, 0.1) is 16.0 Å². The van der Waals surface area contributed by atoms with Crippen LogP contribution in [0.4, 0.5) is 11.4 Å². The Balaban J connectivity index is 1.68. The van der Waals surface area contributed by atoms with E-state index in [1.807, 2.05) is 0 Å². The Bertz CT molecular complexity index is 984. The maximum absolute atomic E-state index is 12.8. The summed E-state index contributed by atoms with van der Waals surface area (Å²) in [5.74, 6) is -3.04. The van der Waals surface area contributed by atoms with Crippen molar-refractivity contribution in [3.63, 3.8) is 0 Å². The molecule has 2 aliphatic heterocycles. The number of hydrogen-bond acceptors (Lipinski definition) is 8. The minimum absolute atomic E-state index is 0.0510. The standard InChI is InChI=1S/C16H9N3O6S/c20-13(10-5-2-6-26-10)12-11-14(25-17-12)16(22)18(15(11)21)8-3-1-4-9(7-8)19(23)24/h1-7,11,14H. The second kappa shape index (κ2) is 5.85. The smallest absolute Gasteiger partial charge is 0.278 e. The molecule has 9 nitrogen and oxygen atoms in total. The van der Waals surface area contributed by atoms with Crippen LogP contribution in [0.2, 0.25) is 0 Å². The second-order valence-electron chi connectivity index (χ2n) is 5.58. The zero-order valence-electron chi connectivity index (χ0n) is 12.9. The minimum atomic E-state index is -1.24. The van der Waals surface area contributed by atoms with Crippen molar-refractivity contribution in [3.8, 4) is 0 Å². The molecule has 2 atom stereocenters. The highest BCUT2D eigenvalue weighted by molar-refractivity contribution is 7.13.